The molecular weight excluding hydrogens is 329 g/mol. The molecule has 3 N–H and O–H groups in total. The second kappa shape index (κ2) is 8.32. The normalized spacial score (nSPS) is 17.8. The topological polar surface area (TPSA) is 58.4 Å². The Morgan fingerprint density at radius 1 is 1.27 bits per heavy atom. The Balaban J connectivity index is 1.67. The highest BCUT2D eigenvalue weighted by Gasteiger charge is 2.21. The molecule has 1 unspecified atom stereocenters. The van der Waals surface area contributed by atoms with Crippen LogP contribution >= 0.6 is 0 Å². The summed E-state index contributed by atoms with van der Waals surface area (Å²) in [6, 6.07) is 12.2. The van der Waals surface area contributed by atoms with Crippen LogP contribution in [0.4, 0.5) is 14.9 Å². The second-order valence-electron chi connectivity index (χ2n) is 7.16. The molecule has 1 atom stereocenters. The van der Waals surface area contributed by atoms with Crippen molar-refractivity contribution in [2.45, 2.75) is 32.7 Å². The Morgan fingerprint density at radius 2 is 2.04 bits per heavy atom. The third kappa shape index (κ3) is 4.82. The van der Waals surface area contributed by atoms with E-state index >= 15 is 0 Å². The van der Waals surface area contributed by atoms with E-state index in [1.807, 2.05) is 24.3 Å². The largest absolute Gasteiger partial charge is 0.351 e. The van der Waals surface area contributed by atoms with Crippen LogP contribution in [0.3, 0.4) is 0 Å². The highest BCUT2D eigenvalue weighted by atomic mass is 19.1. The van der Waals surface area contributed by atoms with Gasteiger partial charge in [-0.1, -0.05) is 24.3 Å². The molecular formula is C21H26FN3O. The fourth-order valence-electron chi connectivity index (χ4n) is 3.80. The minimum atomic E-state index is -0.537. The number of benzene rings is 2. The van der Waals surface area contributed by atoms with Crippen LogP contribution in [-0.2, 0) is 13.0 Å². The van der Waals surface area contributed by atoms with Crippen molar-refractivity contribution in [3.63, 3.8) is 0 Å². The molecule has 3 rings (SSSR count). The summed E-state index contributed by atoms with van der Waals surface area (Å²) in [5.74, 6) is 0.374. The number of amides is 2. The van der Waals surface area contributed by atoms with E-state index in [1.165, 1.54) is 24.1 Å². The average molecular weight is 355 g/mol. The number of nitrogens with one attached hydrogen (secondary N) is 1. The Morgan fingerprint density at radius 3 is 2.77 bits per heavy atom. The maximum atomic E-state index is 13.1. The molecule has 1 fully saturated rings. The van der Waals surface area contributed by atoms with Crippen molar-refractivity contribution in [3.05, 3.63) is 65.0 Å². The quantitative estimate of drug-likeness (QED) is 0.849. The number of hydrogen-bond acceptors (Lipinski definition) is 2. The number of piperidine rings is 1. The number of likely N-dealkylation sites (tertiary alicyclic amines) is 1. The smallest absolute Gasteiger partial charge is 0.316 e. The molecule has 1 aliphatic heterocycles. The van der Waals surface area contributed by atoms with E-state index in [9.17, 15) is 9.18 Å². The number of hydrogen-bond donors (Lipinski definition) is 2. The molecule has 5 heteroatoms. The molecule has 0 saturated carbocycles. The van der Waals surface area contributed by atoms with E-state index in [0.29, 0.717) is 5.92 Å². The molecule has 2 aromatic carbocycles. The molecule has 0 bridgehead atoms. The average Bonchev–Trinajstić information content (AvgIpc) is 2.60. The van der Waals surface area contributed by atoms with Crippen LogP contribution in [0, 0.1) is 18.7 Å². The Hall–Kier alpha value is -2.40. The van der Waals surface area contributed by atoms with Crippen LogP contribution in [0.1, 0.15) is 29.5 Å². The molecule has 0 aliphatic carbocycles. The number of urea groups is 1. The molecule has 26 heavy (non-hydrogen) atoms. The number of halogens is 1. The summed E-state index contributed by atoms with van der Waals surface area (Å²) in [7, 11) is 0. The zero-order valence-corrected chi connectivity index (χ0v) is 15.2. The van der Waals surface area contributed by atoms with Crippen LogP contribution in [0.2, 0.25) is 0 Å². The lowest BCUT2D eigenvalue weighted by atomic mass is 9.91. The van der Waals surface area contributed by atoms with E-state index in [2.05, 4.69) is 23.2 Å². The summed E-state index contributed by atoms with van der Waals surface area (Å²) in [5, 5.41) is 2.74. The van der Waals surface area contributed by atoms with Crippen molar-refractivity contribution in [2.75, 3.05) is 18.4 Å². The summed E-state index contributed by atoms with van der Waals surface area (Å²) in [6.45, 7) is 4.90. The summed E-state index contributed by atoms with van der Waals surface area (Å²) in [4.78, 5) is 13.7. The number of anilines is 1. The molecule has 1 saturated heterocycles. The summed E-state index contributed by atoms with van der Waals surface area (Å²) < 4.78 is 13.1. The predicted octanol–water partition coefficient (Wildman–Crippen LogP) is 4.08. The van der Waals surface area contributed by atoms with Gasteiger partial charge in [0.1, 0.15) is 5.82 Å². The number of carbonyl (C=O) groups excluding carboxylic acids is 1. The third-order valence-electron chi connectivity index (χ3n) is 5.09. The minimum absolute atomic E-state index is 0.187. The molecule has 0 aromatic heterocycles. The maximum Gasteiger partial charge on any atom is 0.316 e. The molecule has 0 radical (unpaired) electrons. The van der Waals surface area contributed by atoms with E-state index < -0.39 is 6.03 Å². The number of rotatable bonds is 5. The zero-order chi connectivity index (χ0) is 18.5. The number of aryl methyl sites for hydroxylation is 1. The highest BCUT2D eigenvalue weighted by molar-refractivity contribution is 5.88. The van der Waals surface area contributed by atoms with Gasteiger partial charge in [-0.3, -0.25) is 4.90 Å². The second-order valence-corrected chi connectivity index (χ2v) is 7.16. The van der Waals surface area contributed by atoms with Gasteiger partial charge >= 0.3 is 6.03 Å². The lowest BCUT2D eigenvalue weighted by Gasteiger charge is -2.33. The Kier molecular flexibility index (Phi) is 5.89. The first-order chi connectivity index (χ1) is 12.5. The lowest BCUT2D eigenvalue weighted by molar-refractivity contribution is 0.167. The predicted molar refractivity (Wildman–Crippen MR) is 102 cm³/mol. The van der Waals surface area contributed by atoms with Crippen LogP contribution in [0.5, 0.6) is 0 Å². The van der Waals surface area contributed by atoms with Gasteiger partial charge in [0.2, 0.25) is 0 Å². The third-order valence-corrected chi connectivity index (χ3v) is 5.09. The van der Waals surface area contributed by atoms with Crippen LogP contribution in [-0.4, -0.2) is 24.0 Å². The van der Waals surface area contributed by atoms with Crippen molar-refractivity contribution < 1.29 is 9.18 Å². The van der Waals surface area contributed by atoms with E-state index in [0.717, 1.165) is 49.3 Å². The summed E-state index contributed by atoms with van der Waals surface area (Å²) in [6.07, 6.45) is 3.31. The molecule has 2 aromatic rings. The molecule has 1 heterocycles. The minimum Gasteiger partial charge on any atom is -0.351 e. The SMILES string of the molecule is Cc1cccc(NC(N)=O)c1CN1CCCC(Cc2ccc(F)cc2)C1. The van der Waals surface area contributed by atoms with Gasteiger partial charge in [0, 0.05) is 18.8 Å². The van der Waals surface area contributed by atoms with Gasteiger partial charge in [0.05, 0.1) is 0 Å². The fourth-order valence-corrected chi connectivity index (χ4v) is 3.80. The van der Waals surface area contributed by atoms with Gasteiger partial charge in [-0.05, 0) is 73.5 Å². The summed E-state index contributed by atoms with van der Waals surface area (Å²) >= 11 is 0. The van der Waals surface area contributed by atoms with Crippen molar-refractivity contribution in [1.29, 1.82) is 0 Å². The maximum absolute atomic E-state index is 13.1. The monoisotopic (exact) mass is 355 g/mol. The van der Waals surface area contributed by atoms with Gasteiger partial charge in [-0.15, -0.1) is 0 Å². The van der Waals surface area contributed by atoms with Crippen molar-refractivity contribution in [3.8, 4) is 0 Å². The van der Waals surface area contributed by atoms with Gasteiger partial charge in [0.15, 0.2) is 0 Å². The van der Waals surface area contributed by atoms with E-state index in [4.69, 9.17) is 5.73 Å². The van der Waals surface area contributed by atoms with Gasteiger partial charge in [0.25, 0.3) is 0 Å². The molecule has 0 spiro atoms. The van der Waals surface area contributed by atoms with Crippen LogP contribution < -0.4 is 11.1 Å². The molecule has 2 amide bonds. The molecule has 138 valence electrons. The number of carbonyl (C=O) groups is 1. The Bertz CT molecular complexity index is 760. The van der Waals surface area contributed by atoms with Crippen molar-refractivity contribution >= 4 is 11.7 Å². The van der Waals surface area contributed by atoms with Crippen LogP contribution in [0.15, 0.2) is 42.5 Å². The fraction of sp³-hybridized carbons (Fsp3) is 0.381. The zero-order valence-electron chi connectivity index (χ0n) is 15.2. The highest BCUT2D eigenvalue weighted by Crippen LogP contribution is 2.26. The van der Waals surface area contributed by atoms with Gasteiger partial charge < -0.3 is 11.1 Å². The molecule has 1 aliphatic rings. The number of nitrogens with two attached hydrogens (primary N) is 1. The van der Waals surface area contributed by atoms with Crippen molar-refractivity contribution in [1.82, 2.24) is 4.90 Å². The summed E-state index contributed by atoms with van der Waals surface area (Å²) in [5.41, 5.74) is 9.55. The van der Waals surface area contributed by atoms with Gasteiger partial charge in [-0.25, -0.2) is 9.18 Å². The lowest BCUT2D eigenvalue weighted by Crippen LogP contribution is -2.36. The number of nitrogens with zero attached hydrogens (tertiary/aromatic N) is 1. The molecule has 4 nitrogen and oxygen atoms in total. The first-order valence-corrected chi connectivity index (χ1v) is 9.13. The van der Waals surface area contributed by atoms with E-state index in [1.54, 1.807) is 0 Å². The van der Waals surface area contributed by atoms with Crippen LogP contribution in [0.25, 0.3) is 0 Å². The standard InChI is InChI=1S/C21H26FN3O/c1-15-4-2-6-20(24-21(23)26)19(15)14-25-11-3-5-17(13-25)12-16-7-9-18(22)10-8-16/h2,4,6-10,17H,3,5,11-14H2,1H3,(H3,23,24,26). The van der Waals surface area contributed by atoms with E-state index in [-0.39, 0.29) is 5.82 Å². The van der Waals surface area contributed by atoms with Gasteiger partial charge in [-0.2, -0.15) is 0 Å². The first kappa shape index (κ1) is 18.4. The first-order valence-electron chi connectivity index (χ1n) is 9.13. The van der Waals surface area contributed by atoms with Crippen molar-refractivity contribution in [2.24, 2.45) is 11.7 Å². The number of primary amides is 1. The Labute approximate surface area is 154 Å².